The highest BCUT2D eigenvalue weighted by molar-refractivity contribution is 5.95. The molecule has 1 saturated carbocycles. The molecular formula is C22H29N3O3. The molecule has 0 radical (unpaired) electrons. The number of hydrogen-bond acceptors (Lipinski definition) is 3. The molecule has 0 aromatic carbocycles. The lowest BCUT2D eigenvalue weighted by atomic mass is 9.78. The van der Waals surface area contributed by atoms with E-state index in [1.807, 2.05) is 11.0 Å². The van der Waals surface area contributed by atoms with E-state index in [0.717, 1.165) is 69.3 Å². The maximum Gasteiger partial charge on any atom is 0.261 e. The number of aryl methyl sites for hydroxylation is 2. The predicted molar refractivity (Wildman–Crippen MR) is 105 cm³/mol. The van der Waals surface area contributed by atoms with Crippen molar-refractivity contribution in [1.29, 1.82) is 0 Å². The Kier molecular flexibility index (Phi) is 4.33. The first kappa shape index (κ1) is 18.0. The average molecular weight is 383 g/mol. The van der Waals surface area contributed by atoms with Gasteiger partial charge in [-0.1, -0.05) is 0 Å². The number of carbonyl (C=O) groups excluding carboxylic acids is 2. The number of rotatable bonds is 3. The standard InChI is InChI=1S/C22H29N3O3/c26-19-17(12-16-4-1-2-5-18(16)23-19)20(27)25-11-9-22(14-25)8-3-10-24(21(22)28)13-15-6-7-15/h12,15H,1-11,13-14H2,(H,23,26)/t22-/m0/s1. The van der Waals surface area contributed by atoms with E-state index in [1.165, 1.54) is 12.8 Å². The van der Waals surface area contributed by atoms with Gasteiger partial charge in [0.15, 0.2) is 0 Å². The Morgan fingerprint density at radius 2 is 1.93 bits per heavy atom. The number of H-pyrrole nitrogens is 1. The van der Waals surface area contributed by atoms with Crippen LogP contribution in [0.25, 0.3) is 0 Å². The summed E-state index contributed by atoms with van der Waals surface area (Å²) in [5, 5.41) is 0. The summed E-state index contributed by atoms with van der Waals surface area (Å²) >= 11 is 0. The van der Waals surface area contributed by atoms with Crippen LogP contribution in [0.2, 0.25) is 0 Å². The molecule has 2 aliphatic carbocycles. The Hall–Kier alpha value is -2.11. The molecule has 6 heteroatoms. The van der Waals surface area contributed by atoms with Crippen LogP contribution in [0.3, 0.4) is 0 Å². The summed E-state index contributed by atoms with van der Waals surface area (Å²) in [5.41, 5.74) is 1.63. The summed E-state index contributed by atoms with van der Waals surface area (Å²) < 4.78 is 0. The predicted octanol–water partition coefficient (Wildman–Crippen LogP) is 2.12. The summed E-state index contributed by atoms with van der Waals surface area (Å²) in [6.45, 7) is 2.77. The third-order valence-corrected chi connectivity index (χ3v) is 7.21. The van der Waals surface area contributed by atoms with Crippen LogP contribution in [-0.4, -0.2) is 52.8 Å². The maximum atomic E-state index is 13.2. The summed E-state index contributed by atoms with van der Waals surface area (Å²) in [6, 6.07) is 1.81. The topological polar surface area (TPSA) is 73.5 Å². The second kappa shape index (κ2) is 6.75. The van der Waals surface area contributed by atoms with Gasteiger partial charge in [0.1, 0.15) is 5.56 Å². The maximum absolute atomic E-state index is 13.2. The largest absolute Gasteiger partial charge is 0.342 e. The van der Waals surface area contributed by atoms with Gasteiger partial charge in [-0.3, -0.25) is 14.4 Å². The van der Waals surface area contributed by atoms with Gasteiger partial charge >= 0.3 is 0 Å². The number of aromatic amines is 1. The molecule has 1 atom stereocenters. The van der Waals surface area contributed by atoms with Gasteiger partial charge in [-0.2, -0.15) is 0 Å². The zero-order valence-electron chi connectivity index (χ0n) is 16.5. The highest BCUT2D eigenvalue weighted by atomic mass is 16.2. The molecule has 5 rings (SSSR count). The van der Waals surface area contributed by atoms with Crippen molar-refractivity contribution in [2.45, 2.75) is 57.8 Å². The molecule has 3 fully saturated rings. The van der Waals surface area contributed by atoms with E-state index in [2.05, 4.69) is 4.98 Å². The number of pyridine rings is 1. The minimum Gasteiger partial charge on any atom is -0.342 e. The second-order valence-corrected chi connectivity index (χ2v) is 9.28. The molecule has 150 valence electrons. The van der Waals surface area contributed by atoms with E-state index in [0.29, 0.717) is 19.0 Å². The number of hydrogen-bond donors (Lipinski definition) is 1. The van der Waals surface area contributed by atoms with Crippen molar-refractivity contribution in [2.75, 3.05) is 26.2 Å². The van der Waals surface area contributed by atoms with Crippen molar-refractivity contribution in [3.05, 3.63) is 33.2 Å². The molecular weight excluding hydrogens is 354 g/mol. The van der Waals surface area contributed by atoms with Gasteiger partial charge < -0.3 is 14.8 Å². The Bertz CT molecular complexity index is 872. The number of aromatic nitrogens is 1. The van der Waals surface area contributed by atoms with Crippen molar-refractivity contribution >= 4 is 11.8 Å². The molecule has 28 heavy (non-hydrogen) atoms. The smallest absolute Gasteiger partial charge is 0.261 e. The van der Waals surface area contributed by atoms with Gasteiger partial charge in [0.2, 0.25) is 5.91 Å². The van der Waals surface area contributed by atoms with Crippen LogP contribution in [0.1, 0.15) is 66.6 Å². The Morgan fingerprint density at radius 1 is 1.11 bits per heavy atom. The van der Waals surface area contributed by atoms with E-state index >= 15 is 0 Å². The summed E-state index contributed by atoms with van der Waals surface area (Å²) in [7, 11) is 0. The quantitative estimate of drug-likeness (QED) is 0.869. The number of carbonyl (C=O) groups is 2. The SMILES string of the molecule is O=C(c1cc2c([nH]c1=O)CCCC2)N1CC[C@@]2(CCCN(CC3CC3)C2=O)C1. The Morgan fingerprint density at radius 3 is 2.75 bits per heavy atom. The first-order chi connectivity index (χ1) is 13.6. The minimum absolute atomic E-state index is 0.210. The van der Waals surface area contributed by atoms with Crippen LogP contribution in [0.5, 0.6) is 0 Å². The van der Waals surface area contributed by atoms with Crippen molar-refractivity contribution in [1.82, 2.24) is 14.8 Å². The molecule has 2 saturated heterocycles. The number of amides is 2. The first-order valence-electron chi connectivity index (χ1n) is 10.9. The lowest BCUT2D eigenvalue weighted by molar-refractivity contribution is -0.145. The summed E-state index contributed by atoms with van der Waals surface area (Å²) in [5.74, 6) is 0.714. The molecule has 1 spiro atoms. The van der Waals surface area contributed by atoms with Crippen molar-refractivity contribution < 1.29 is 9.59 Å². The van der Waals surface area contributed by atoms with Gasteiger partial charge in [-0.25, -0.2) is 0 Å². The highest BCUT2D eigenvalue weighted by Gasteiger charge is 2.50. The van der Waals surface area contributed by atoms with E-state index in [1.54, 1.807) is 4.90 Å². The van der Waals surface area contributed by atoms with Crippen LogP contribution < -0.4 is 5.56 Å². The fourth-order valence-electron chi connectivity index (χ4n) is 5.37. The number of nitrogens with one attached hydrogen (secondary N) is 1. The second-order valence-electron chi connectivity index (χ2n) is 9.28. The molecule has 2 amide bonds. The number of piperidine rings is 1. The van der Waals surface area contributed by atoms with Gasteiger partial charge in [0.05, 0.1) is 5.41 Å². The molecule has 0 unspecified atom stereocenters. The number of likely N-dealkylation sites (tertiary alicyclic amines) is 2. The normalized spacial score (nSPS) is 27.4. The average Bonchev–Trinajstić information content (AvgIpc) is 3.42. The minimum atomic E-state index is -0.427. The zero-order chi connectivity index (χ0) is 19.3. The molecule has 0 bridgehead atoms. The third-order valence-electron chi connectivity index (χ3n) is 7.21. The summed E-state index contributed by atoms with van der Waals surface area (Å²) in [4.78, 5) is 45.6. The van der Waals surface area contributed by atoms with Crippen LogP contribution in [-0.2, 0) is 17.6 Å². The molecule has 1 aromatic rings. The number of fused-ring (bicyclic) bond motifs is 1. The van der Waals surface area contributed by atoms with Crippen LogP contribution in [0.4, 0.5) is 0 Å². The van der Waals surface area contributed by atoms with Gasteiger partial charge in [-0.05, 0) is 75.3 Å². The highest BCUT2D eigenvalue weighted by Crippen LogP contribution is 2.42. The van der Waals surface area contributed by atoms with Crippen LogP contribution >= 0.6 is 0 Å². The Balaban J connectivity index is 1.35. The van der Waals surface area contributed by atoms with E-state index in [4.69, 9.17) is 0 Å². The summed E-state index contributed by atoms with van der Waals surface area (Å²) in [6.07, 6.45) is 9.07. The van der Waals surface area contributed by atoms with Crippen molar-refractivity contribution in [3.8, 4) is 0 Å². The van der Waals surface area contributed by atoms with E-state index in [-0.39, 0.29) is 22.9 Å². The van der Waals surface area contributed by atoms with Gasteiger partial charge in [-0.15, -0.1) is 0 Å². The van der Waals surface area contributed by atoms with E-state index in [9.17, 15) is 14.4 Å². The molecule has 6 nitrogen and oxygen atoms in total. The molecule has 2 aliphatic heterocycles. The van der Waals surface area contributed by atoms with E-state index < -0.39 is 5.41 Å². The first-order valence-corrected chi connectivity index (χ1v) is 10.9. The van der Waals surface area contributed by atoms with Crippen molar-refractivity contribution in [2.24, 2.45) is 11.3 Å². The molecule has 4 aliphatic rings. The lowest BCUT2D eigenvalue weighted by Gasteiger charge is -2.39. The van der Waals surface area contributed by atoms with Gasteiger partial charge in [0, 0.05) is 31.9 Å². The molecule has 1 N–H and O–H groups in total. The lowest BCUT2D eigenvalue weighted by Crippen LogP contribution is -2.51. The third kappa shape index (κ3) is 3.07. The van der Waals surface area contributed by atoms with Gasteiger partial charge in [0.25, 0.3) is 11.5 Å². The van der Waals surface area contributed by atoms with Crippen LogP contribution in [0, 0.1) is 11.3 Å². The van der Waals surface area contributed by atoms with Crippen molar-refractivity contribution in [3.63, 3.8) is 0 Å². The fourth-order valence-corrected chi connectivity index (χ4v) is 5.37. The Labute approximate surface area is 165 Å². The zero-order valence-corrected chi connectivity index (χ0v) is 16.5. The monoisotopic (exact) mass is 383 g/mol. The molecule has 1 aromatic heterocycles. The molecule has 3 heterocycles. The van der Waals surface area contributed by atoms with Crippen LogP contribution in [0.15, 0.2) is 10.9 Å². The fraction of sp³-hybridized carbons (Fsp3) is 0.682. The number of nitrogens with zero attached hydrogens (tertiary/aromatic N) is 2.